The Labute approximate surface area is 114 Å². The molecule has 0 spiro atoms. The SMILES string of the molecule is CC(C)C(O)CNC(=O)Nc1ccc(N(C)C)cc1. The van der Waals surface area contributed by atoms with Gasteiger partial charge in [0, 0.05) is 32.0 Å². The highest BCUT2D eigenvalue weighted by atomic mass is 16.3. The van der Waals surface area contributed by atoms with Crippen LogP contribution in [0, 0.1) is 5.92 Å². The van der Waals surface area contributed by atoms with Crippen molar-refractivity contribution in [1.82, 2.24) is 5.32 Å². The van der Waals surface area contributed by atoms with Gasteiger partial charge in [0.05, 0.1) is 6.10 Å². The third-order valence-electron chi connectivity index (χ3n) is 2.88. The van der Waals surface area contributed by atoms with E-state index in [2.05, 4.69) is 10.6 Å². The quantitative estimate of drug-likeness (QED) is 0.761. The molecule has 0 aliphatic rings. The molecule has 3 N–H and O–H groups in total. The van der Waals surface area contributed by atoms with E-state index in [-0.39, 0.29) is 18.5 Å². The summed E-state index contributed by atoms with van der Waals surface area (Å²) in [7, 11) is 3.92. The van der Waals surface area contributed by atoms with Crippen LogP contribution in [0.25, 0.3) is 0 Å². The molecule has 0 radical (unpaired) electrons. The molecule has 106 valence electrons. The summed E-state index contributed by atoms with van der Waals surface area (Å²) in [4.78, 5) is 13.6. The second kappa shape index (κ2) is 6.99. The number of hydrogen-bond acceptors (Lipinski definition) is 3. The molecule has 0 aliphatic heterocycles. The summed E-state index contributed by atoms with van der Waals surface area (Å²) in [5.74, 6) is 0.125. The van der Waals surface area contributed by atoms with Crippen LogP contribution < -0.4 is 15.5 Å². The van der Waals surface area contributed by atoms with Crippen molar-refractivity contribution in [3.05, 3.63) is 24.3 Å². The Kier molecular flexibility index (Phi) is 5.63. The largest absolute Gasteiger partial charge is 0.391 e. The van der Waals surface area contributed by atoms with E-state index in [1.165, 1.54) is 0 Å². The first-order valence-electron chi connectivity index (χ1n) is 6.40. The van der Waals surface area contributed by atoms with Crippen LogP contribution >= 0.6 is 0 Å². The van der Waals surface area contributed by atoms with Gasteiger partial charge in [0.2, 0.25) is 0 Å². The Balaban J connectivity index is 2.44. The number of hydrogen-bond donors (Lipinski definition) is 3. The maximum absolute atomic E-state index is 11.6. The Hall–Kier alpha value is -1.75. The number of urea groups is 1. The van der Waals surface area contributed by atoms with E-state index in [4.69, 9.17) is 0 Å². The minimum absolute atomic E-state index is 0.125. The van der Waals surface area contributed by atoms with E-state index >= 15 is 0 Å². The third kappa shape index (κ3) is 5.18. The van der Waals surface area contributed by atoms with Crippen LogP contribution in [0.15, 0.2) is 24.3 Å². The molecule has 5 heteroatoms. The summed E-state index contributed by atoms with van der Waals surface area (Å²) in [6.45, 7) is 4.06. The molecule has 0 aliphatic carbocycles. The van der Waals surface area contributed by atoms with Gasteiger partial charge in [0.15, 0.2) is 0 Å². The average molecular weight is 265 g/mol. The number of aliphatic hydroxyl groups excluding tert-OH is 1. The van der Waals surface area contributed by atoms with Crippen LogP contribution in [-0.4, -0.2) is 37.9 Å². The topological polar surface area (TPSA) is 64.6 Å². The number of carbonyl (C=O) groups is 1. The molecule has 1 aromatic rings. The van der Waals surface area contributed by atoms with Gasteiger partial charge in [-0.25, -0.2) is 4.79 Å². The summed E-state index contributed by atoms with van der Waals surface area (Å²) in [5, 5.41) is 15.0. The summed E-state index contributed by atoms with van der Waals surface area (Å²) in [6.07, 6.45) is -0.526. The molecule has 1 rings (SSSR count). The fourth-order valence-corrected chi connectivity index (χ4v) is 1.45. The standard InChI is InChI=1S/C14H23N3O2/c1-10(2)13(18)9-15-14(19)16-11-5-7-12(8-6-11)17(3)4/h5-8,10,13,18H,9H2,1-4H3,(H2,15,16,19). The summed E-state index contributed by atoms with van der Waals surface area (Å²) in [5.41, 5.74) is 1.79. The molecule has 0 bridgehead atoms. The molecular weight excluding hydrogens is 242 g/mol. The van der Waals surface area contributed by atoms with Gasteiger partial charge in [-0.05, 0) is 30.2 Å². The van der Waals surface area contributed by atoms with E-state index < -0.39 is 6.10 Å². The zero-order chi connectivity index (χ0) is 14.4. The first-order valence-corrected chi connectivity index (χ1v) is 6.40. The lowest BCUT2D eigenvalue weighted by molar-refractivity contribution is 0.126. The molecule has 0 saturated heterocycles. The van der Waals surface area contributed by atoms with Gasteiger partial charge < -0.3 is 20.6 Å². The van der Waals surface area contributed by atoms with Crippen molar-refractivity contribution in [2.75, 3.05) is 30.9 Å². The Morgan fingerprint density at radius 1 is 1.26 bits per heavy atom. The number of rotatable bonds is 5. The van der Waals surface area contributed by atoms with Crippen LogP contribution in [0.2, 0.25) is 0 Å². The first-order chi connectivity index (χ1) is 8.90. The highest BCUT2D eigenvalue weighted by Gasteiger charge is 2.10. The molecule has 1 aromatic carbocycles. The fraction of sp³-hybridized carbons (Fsp3) is 0.500. The Bertz CT molecular complexity index is 402. The van der Waals surface area contributed by atoms with Gasteiger partial charge in [-0.15, -0.1) is 0 Å². The molecule has 0 fully saturated rings. The monoisotopic (exact) mass is 265 g/mol. The zero-order valence-corrected chi connectivity index (χ0v) is 12.0. The molecule has 5 nitrogen and oxygen atoms in total. The third-order valence-corrected chi connectivity index (χ3v) is 2.88. The van der Waals surface area contributed by atoms with Crippen LogP contribution in [-0.2, 0) is 0 Å². The molecule has 1 atom stereocenters. The van der Waals surface area contributed by atoms with E-state index in [9.17, 15) is 9.90 Å². The van der Waals surface area contributed by atoms with E-state index in [0.717, 1.165) is 11.4 Å². The van der Waals surface area contributed by atoms with Gasteiger partial charge >= 0.3 is 6.03 Å². The molecule has 0 heterocycles. The summed E-state index contributed by atoms with van der Waals surface area (Å²) in [6, 6.07) is 7.23. The van der Waals surface area contributed by atoms with E-state index in [1.54, 1.807) is 0 Å². The number of carbonyl (C=O) groups excluding carboxylic acids is 1. The number of aliphatic hydroxyl groups is 1. The van der Waals surface area contributed by atoms with Crippen molar-refractivity contribution in [3.63, 3.8) is 0 Å². The maximum atomic E-state index is 11.6. The molecule has 2 amide bonds. The van der Waals surface area contributed by atoms with Crippen LogP contribution in [0.5, 0.6) is 0 Å². The first kappa shape index (κ1) is 15.3. The van der Waals surface area contributed by atoms with Crippen molar-refractivity contribution < 1.29 is 9.90 Å². The van der Waals surface area contributed by atoms with Gasteiger partial charge in [0.1, 0.15) is 0 Å². The van der Waals surface area contributed by atoms with Crippen LogP contribution in [0.1, 0.15) is 13.8 Å². The lowest BCUT2D eigenvalue weighted by Gasteiger charge is -2.16. The second-order valence-corrected chi connectivity index (χ2v) is 5.09. The lowest BCUT2D eigenvalue weighted by Crippen LogP contribution is -2.37. The average Bonchev–Trinajstić information content (AvgIpc) is 2.36. The predicted molar refractivity (Wildman–Crippen MR) is 78.6 cm³/mol. The number of anilines is 2. The lowest BCUT2D eigenvalue weighted by atomic mass is 10.1. The summed E-state index contributed by atoms with van der Waals surface area (Å²) >= 11 is 0. The van der Waals surface area contributed by atoms with Crippen molar-refractivity contribution >= 4 is 17.4 Å². The van der Waals surface area contributed by atoms with Crippen LogP contribution in [0.3, 0.4) is 0 Å². The Morgan fingerprint density at radius 3 is 2.32 bits per heavy atom. The van der Waals surface area contributed by atoms with Gasteiger partial charge in [-0.2, -0.15) is 0 Å². The zero-order valence-electron chi connectivity index (χ0n) is 12.0. The van der Waals surface area contributed by atoms with Gasteiger partial charge in [-0.1, -0.05) is 13.8 Å². The van der Waals surface area contributed by atoms with Gasteiger partial charge in [0.25, 0.3) is 0 Å². The normalized spacial score (nSPS) is 12.1. The number of nitrogens with zero attached hydrogens (tertiary/aromatic N) is 1. The fourth-order valence-electron chi connectivity index (χ4n) is 1.45. The van der Waals surface area contributed by atoms with Crippen molar-refractivity contribution in [3.8, 4) is 0 Å². The highest BCUT2D eigenvalue weighted by Crippen LogP contribution is 2.15. The molecule has 0 aromatic heterocycles. The number of nitrogens with one attached hydrogen (secondary N) is 2. The second-order valence-electron chi connectivity index (χ2n) is 5.09. The van der Waals surface area contributed by atoms with E-state index in [1.807, 2.05) is 57.1 Å². The summed E-state index contributed by atoms with van der Waals surface area (Å²) < 4.78 is 0. The predicted octanol–water partition coefficient (Wildman–Crippen LogP) is 1.89. The van der Waals surface area contributed by atoms with Crippen molar-refractivity contribution in [2.24, 2.45) is 5.92 Å². The maximum Gasteiger partial charge on any atom is 0.319 e. The Morgan fingerprint density at radius 2 is 1.84 bits per heavy atom. The van der Waals surface area contributed by atoms with E-state index in [0.29, 0.717) is 0 Å². The molecule has 0 saturated carbocycles. The van der Waals surface area contributed by atoms with Crippen LogP contribution in [0.4, 0.5) is 16.2 Å². The molecular formula is C14H23N3O2. The van der Waals surface area contributed by atoms with Crippen molar-refractivity contribution in [1.29, 1.82) is 0 Å². The minimum atomic E-state index is -0.526. The smallest absolute Gasteiger partial charge is 0.319 e. The number of benzene rings is 1. The molecule has 19 heavy (non-hydrogen) atoms. The molecule has 1 unspecified atom stereocenters. The minimum Gasteiger partial charge on any atom is -0.391 e. The van der Waals surface area contributed by atoms with Crippen molar-refractivity contribution in [2.45, 2.75) is 20.0 Å². The highest BCUT2D eigenvalue weighted by molar-refractivity contribution is 5.89. The van der Waals surface area contributed by atoms with Gasteiger partial charge in [-0.3, -0.25) is 0 Å². The number of amides is 2.